The fourth-order valence-corrected chi connectivity index (χ4v) is 9.81. The van der Waals surface area contributed by atoms with E-state index in [0.717, 1.165) is 103 Å². The standard InChI is InChI=1S/C71H122NO8P/c1-3-5-7-9-11-13-15-17-19-21-23-25-27-29-31-33-34-36-38-40-42-44-46-48-50-52-54-56-58-60-62-64-71(74)80-69(68-79-81(75,76)78-66-65-72)67-77-70(73)63-61-59-57-55-53-51-49-47-45-43-41-39-37-35-32-30-28-26-24-22-20-18-16-14-12-10-8-6-4-2/h5-8,11-14,17-20,23-26,29-32,69H,3-4,9-10,15-16,21-22,27-28,33-68,72H2,1-2H3,(H,75,76)/b7-5-,8-6-,13-11-,14-12-,19-17-,20-18-,25-23-,26-24-,31-29-,32-30-. The molecule has 0 spiro atoms. The van der Waals surface area contributed by atoms with Crippen LogP contribution in [0.1, 0.15) is 284 Å². The molecule has 0 heterocycles. The summed E-state index contributed by atoms with van der Waals surface area (Å²) < 4.78 is 33.2. The van der Waals surface area contributed by atoms with Crippen molar-refractivity contribution in [3.05, 3.63) is 122 Å². The number of carbonyl (C=O) groups excluding carboxylic acids is 2. The van der Waals surface area contributed by atoms with Crippen molar-refractivity contribution in [2.24, 2.45) is 5.73 Å². The van der Waals surface area contributed by atoms with Crippen LogP contribution < -0.4 is 5.73 Å². The first kappa shape index (κ1) is 77.4. The van der Waals surface area contributed by atoms with E-state index in [1.807, 2.05) is 0 Å². The highest BCUT2D eigenvalue weighted by Gasteiger charge is 2.26. The van der Waals surface area contributed by atoms with Gasteiger partial charge >= 0.3 is 19.8 Å². The molecule has 0 aliphatic carbocycles. The third kappa shape index (κ3) is 65.4. The quantitative estimate of drug-likeness (QED) is 0.0264. The van der Waals surface area contributed by atoms with Crippen LogP contribution in [0.25, 0.3) is 0 Å². The van der Waals surface area contributed by atoms with Crippen LogP contribution in [0.2, 0.25) is 0 Å². The van der Waals surface area contributed by atoms with E-state index in [9.17, 15) is 19.0 Å². The fraction of sp³-hybridized carbons (Fsp3) is 0.690. The van der Waals surface area contributed by atoms with Gasteiger partial charge in [-0.2, -0.15) is 0 Å². The zero-order valence-electron chi connectivity index (χ0n) is 52.0. The molecule has 0 aromatic rings. The van der Waals surface area contributed by atoms with Crippen molar-refractivity contribution in [2.75, 3.05) is 26.4 Å². The maximum Gasteiger partial charge on any atom is 0.472 e. The van der Waals surface area contributed by atoms with Crippen molar-refractivity contribution in [2.45, 2.75) is 290 Å². The summed E-state index contributed by atoms with van der Waals surface area (Å²) in [5, 5.41) is 0. The molecule has 0 radical (unpaired) electrons. The van der Waals surface area contributed by atoms with Crippen molar-refractivity contribution in [3.8, 4) is 0 Å². The average Bonchev–Trinajstić information content (AvgIpc) is 3.46. The molecule has 0 aromatic heterocycles. The zero-order valence-corrected chi connectivity index (χ0v) is 52.9. The van der Waals surface area contributed by atoms with Gasteiger partial charge in [0.2, 0.25) is 0 Å². The Labute approximate surface area is 498 Å². The molecular weight excluding hydrogens is 1030 g/mol. The van der Waals surface area contributed by atoms with E-state index in [1.165, 1.54) is 148 Å². The number of ether oxygens (including phenoxy) is 2. The first-order valence-electron chi connectivity index (χ1n) is 33.0. The molecule has 0 fully saturated rings. The maximum absolute atomic E-state index is 12.8. The number of rotatable bonds is 61. The summed E-state index contributed by atoms with van der Waals surface area (Å²) in [5.41, 5.74) is 5.40. The lowest BCUT2D eigenvalue weighted by atomic mass is 10.0. The first-order chi connectivity index (χ1) is 39.8. The van der Waals surface area contributed by atoms with Crippen LogP contribution in [0.3, 0.4) is 0 Å². The number of nitrogens with two attached hydrogens (primary N) is 1. The second-order valence-corrected chi connectivity index (χ2v) is 23.0. The van der Waals surface area contributed by atoms with Crippen LogP contribution in [-0.4, -0.2) is 49.3 Å². The molecule has 0 aliphatic rings. The highest BCUT2D eigenvalue weighted by molar-refractivity contribution is 7.47. The summed E-state index contributed by atoms with van der Waals surface area (Å²) in [5.74, 6) is -0.827. The first-order valence-corrected chi connectivity index (χ1v) is 34.5. The van der Waals surface area contributed by atoms with Gasteiger partial charge in [0.15, 0.2) is 6.10 Å². The van der Waals surface area contributed by atoms with Gasteiger partial charge in [-0.05, 0) is 103 Å². The van der Waals surface area contributed by atoms with Crippen molar-refractivity contribution in [3.63, 3.8) is 0 Å². The van der Waals surface area contributed by atoms with Crippen molar-refractivity contribution < 1.29 is 37.6 Å². The summed E-state index contributed by atoms with van der Waals surface area (Å²) in [6.07, 6.45) is 91.3. The summed E-state index contributed by atoms with van der Waals surface area (Å²) >= 11 is 0. The topological polar surface area (TPSA) is 134 Å². The van der Waals surface area contributed by atoms with Gasteiger partial charge in [0, 0.05) is 19.4 Å². The molecule has 464 valence electrons. The van der Waals surface area contributed by atoms with Crippen LogP contribution in [0.15, 0.2) is 122 Å². The number of esters is 2. The minimum Gasteiger partial charge on any atom is -0.462 e. The number of unbranched alkanes of at least 4 members (excludes halogenated alkanes) is 28. The van der Waals surface area contributed by atoms with Gasteiger partial charge in [-0.15, -0.1) is 0 Å². The summed E-state index contributed by atoms with van der Waals surface area (Å²) in [6, 6.07) is 0. The largest absolute Gasteiger partial charge is 0.472 e. The third-order valence-corrected chi connectivity index (χ3v) is 14.8. The minimum absolute atomic E-state index is 0.0492. The molecular formula is C71H122NO8P. The van der Waals surface area contributed by atoms with Gasteiger partial charge in [-0.25, -0.2) is 4.57 Å². The predicted octanol–water partition coefficient (Wildman–Crippen LogP) is 21.5. The number of allylic oxidation sites excluding steroid dienone is 20. The zero-order chi connectivity index (χ0) is 58.7. The van der Waals surface area contributed by atoms with Gasteiger partial charge in [0.25, 0.3) is 0 Å². The van der Waals surface area contributed by atoms with E-state index >= 15 is 0 Å². The molecule has 2 atom stereocenters. The van der Waals surface area contributed by atoms with Crippen molar-refractivity contribution in [1.82, 2.24) is 0 Å². The number of carbonyl (C=O) groups is 2. The lowest BCUT2D eigenvalue weighted by Crippen LogP contribution is -2.29. The molecule has 0 saturated heterocycles. The molecule has 10 heteroatoms. The maximum atomic E-state index is 12.8. The van der Waals surface area contributed by atoms with Crippen molar-refractivity contribution in [1.29, 1.82) is 0 Å². The SMILES string of the molecule is CC/C=C\C/C=C\C/C=C\C/C=C\C/C=C\CCCCCCCCCCCCCCCCCC(=O)OC(COC(=O)CCCCCCCCCCCCCCC/C=C\C/C=C\C/C=C\C/C=C\C/C=C\CC)COP(=O)(O)OCCN. The van der Waals surface area contributed by atoms with E-state index in [-0.39, 0.29) is 38.6 Å². The van der Waals surface area contributed by atoms with Crippen molar-refractivity contribution >= 4 is 19.8 Å². The Balaban J connectivity index is 3.92. The van der Waals surface area contributed by atoms with Crippen LogP contribution in [0, 0.1) is 0 Å². The number of hydrogen-bond donors (Lipinski definition) is 2. The average molecular weight is 1150 g/mol. The molecule has 0 aliphatic heterocycles. The lowest BCUT2D eigenvalue weighted by Gasteiger charge is -2.19. The van der Waals surface area contributed by atoms with Gasteiger partial charge in [0.05, 0.1) is 13.2 Å². The van der Waals surface area contributed by atoms with Gasteiger partial charge in [0.1, 0.15) is 6.61 Å². The van der Waals surface area contributed by atoms with E-state index in [4.69, 9.17) is 24.3 Å². The number of phosphoric ester groups is 1. The Morgan fingerprint density at radius 1 is 0.370 bits per heavy atom. The normalized spacial score (nSPS) is 13.8. The van der Waals surface area contributed by atoms with E-state index in [0.29, 0.717) is 6.42 Å². The Kier molecular flexibility index (Phi) is 62.7. The summed E-state index contributed by atoms with van der Waals surface area (Å²) in [7, 11) is -4.40. The monoisotopic (exact) mass is 1150 g/mol. The van der Waals surface area contributed by atoms with Gasteiger partial charge in [-0.3, -0.25) is 18.6 Å². The molecule has 81 heavy (non-hydrogen) atoms. The van der Waals surface area contributed by atoms with Gasteiger partial charge < -0.3 is 20.1 Å². The molecule has 0 rings (SSSR count). The summed E-state index contributed by atoms with van der Waals surface area (Å²) in [4.78, 5) is 35.3. The summed E-state index contributed by atoms with van der Waals surface area (Å²) in [6.45, 7) is 3.53. The molecule has 3 N–H and O–H groups in total. The minimum atomic E-state index is -4.40. The molecule has 0 saturated carbocycles. The second kappa shape index (κ2) is 65.6. The second-order valence-electron chi connectivity index (χ2n) is 21.6. The van der Waals surface area contributed by atoms with E-state index in [1.54, 1.807) is 0 Å². The van der Waals surface area contributed by atoms with Crippen LogP contribution in [0.4, 0.5) is 0 Å². The Bertz CT molecular complexity index is 1740. The Hall–Kier alpha value is -3.59. The smallest absolute Gasteiger partial charge is 0.462 e. The lowest BCUT2D eigenvalue weighted by molar-refractivity contribution is -0.161. The van der Waals surface area contributed by atoms with Crippen LogP contribution >= 0.6 is 7.82 Å². The molecule has 0 bridgehead atoms. The number of phosphoric acid groups is 1. The molecule has 0 amide bonds. The molecule has 9 nitrogen and oxygen atoms in total. The predicted molar refractivity (Wildman–Crippen MR) is 348 cm³/mol. The molecule has 0 aromatic carbocycles. The third-order valence-electron chi connectivity index (χ3n) is 13.8. The highest BCUT2D eigenvalue weighted by atomic mass is 31.2. The highest BCUT2D eigenvalue weighted by Crippen LogP contribution is 2.43. The number of hydrogen-bond acceptors (Lipinski definition) is 8. The Morgan fingerprint density at radius 3 is 0.951 bits per heavy atom. The fourth-order valence-electron chi connectivity index (χ4n) is 9.04. The molecule has 2 unspecified atom stereocenters. The van der Waals surface area contributed by atoms with Crippen LogP contribution in [0.5, 0.6) is 0 Å². The van der Waals surface area contributed by atoms with Crippen LogP contribution in [-0.2, 0) is 32.7 Å². The van der Waals surface area contributed by atoms with E-state index in [2.05, 4.69) is 135 Å². The van der Waals surface area contributed by atoms with Gasteiger partial charge in [-0.1, -0.05) is 289 Å². The Morgan fingerprint density at radius 2 is 0.642 bits per heavy atom. The van der Waals surface area contributed by atoms with E-state index < -0.39 is 26.5 Å².